The van der Waals surface area contributed by atoms with Gasteiger partial charge in [0.2, 0.25) is 0 Å². The van der Waals surface area contributed by atoms with Crippen LogP contribution in [0.2, 0.25) is 0 Å². The summed E-state index contributed by atoms with van der Waals surface area (Å²) in [6, 6.07) is 0.258. The summed E-state index contributed by atoms with van der Waals surface area (Å²) in [5.41, 5.74) is 3.35. The van der Waals surface area contributed by atoms with Crippen LogP contribution in [0.3, 0.4) is 0 Å². The van der Waals surface area contributed by atoms with Crippen LogP contribution < -0.4 is 0 Å². The lowest BCUT2D eigenvalue weighted by Gasteiger charge is -2.52. The third-order valence-corrected chi connectivity index (χ3v) is 6.95. The number of carbonyl (C=O) groups is 1. The van der Waals surface area contributed by atoms with Crippen LogP contribution in [0.4, 0.5) is 0 Å². The summed E-state index contributed by atoms with van der Waals surface area (Å²) in [6.07, 6.45) is 5.89. The van der Waals surface area contributed by atoms with Crippen LogP contribution in [-0.4, -0.2) is 37.4 Å². The average Bonchev–Trinajstić information content (AvgIpc) is 3.24. The maximum atomic E-state index is 13.1. The summed E-state index contributed by atoms with van der Waals surface area (Å²) >= 11 is 0. The van der Waals surface area contributed by atoms with E-state index >= 15 is 0 Å². The molecule has 2 aliphatic rings. The van der Waals surface area contributed by atoms with Crippen LogP contribution in [0.25, 0.3) is 11.5 Å². The predicted molar refractivity (Wildman–Crippen MR) is 110 cm³/mol. The number of Topliss-reactive ketones (excluding diaryl/α,β-unsaturated/α-hetero) is 1. The van der Waals surface area contributed by atoms with Crippen molar-refractivity contribution in [3.8, 4) is 11.5 Å². The first-order chi connectivity index (χ1) is 13.6. The van der Waals surface area contributed by atoms with Crippen molar-refractivity contribution in [2.75, 3.05) is 7.11 Å². The normalized spacial score (nSPS) is 27.2. The second kappa shape index (κ2) is 6.54. The molecule has 0 aliphatic heterocycles. The van der Waals surface area contributed by atoms with Gasteiger partial charge < -0.3 is 4.74 Å². The molecule has 4 rings (SSSR count). The zero-order valence-electron chi connectivity index (χ0n) is 18.5. The van der Waals surface area contributed by atoms with E-state index in [0.29, 0.717) is 6.42 Å². The molecule has 2 atom stereocenters. The Kier molecular flexibility index (Phi) is 4.48. The van der Waals surface area contributed by atoms with Crippen LogP contribution in [0, 0.1) is 11.3 Å². The van der Waals surface area contributed by atoms with Gasteiger partial charge in [-0.15, -0.1) is 5.10 Å². The van der Waals surface area contributed by atoms with Gasteiger partial charge in [0, 0.05) is 35.1 Å². The highest BCUT2D eigenvalue weighted by molar-refractivity contribution is 6.01. The number of aromatic nitrogens is 5. The van der Waals surface area contributed by atoms with Gasteiger partial charge in [0.25, 0.3) is 0 Å². The van der Waals surface area contributed by atoms with Crippen molar-refractivity contribution in [2.45, 2.75) is 65.3 Å². The van der Waals surface area contributed by atoms with Crippen LogP contribution in [0.15, 0.2) is 18.2 Å². The number of ether oxygens (including phenoxy) is 1. The molecule has 156 valence electrons. The minimum Gasteiger partial charge on any atom is -0.504 e. The van der Waals surface area contributed by atoms with Crippen LogP contribution in [-0.2, 0) is 28.4 Å². The molecule has 0 saturated heterocycles. The van der Waals surface area contributed by atoms with E-state index in [2.05, 4.69) is 39.6 Å². The van der Waals surface area contributed by atoms with Crippen LogP contribution in [0.5, 0.6) is 0 Å². The van der Waals surface area contributed by atoms with Crippen molar-refractivity contribution >= 4 is 5.78 Å². The largest absolute Gasteiger partial charge is 0.504 e. The molecule has 7 heteroatoms. The number of nitrogens with zero attached hydrogens (tertiary/aromatic N) is 5. The van der Waals surface area contributed by atoms with Gasteiger partial charge in [-0.3, -0.25) is 9.48 Å². The predicted octanol–water partition coefficient (Wildman–Crippen LogP) is 3.61. The van der Waals surface area contributed by atoms with E-state index < -0.39 is 5.41 Å². The number of aryl methyl sites for hydroxylation is 1. The molecule has 29 heavy (non-hydrogen) atoms. The first-order valence-electron chi connectivity index (χ1n) is 10.4. The number of ketones is 1. The van der Waals surface area contributed by atoms with Gasteiger partial charge >= 0.3 is 0 Å². The second-order valence-corrected chi connectivity index (χ2v) is 9.56. The molecule has 7 nitrogen and oxygen atoms in total. The van der Waals surface area contributed by atoms with E-state index in [1.807, 2.05) is 16.4 Å². The van der Waals surface area contributed by atoms with E-state index in [9.17, 15) is 4.79 Å². The molecule has 2 aromatic rings. The topological polar surface area (TPSA) is 74.8 Å². The molecule has 0 radical (unpaired) electrons. The van der Waals surface area contributed by atoms with Gasteiger partial charge in [0.1, 0.15) is 12.0 Å². The monoisotopic (exact) mass is 397 g/mol. The highest BCUT2D eigenvalue weighted by Gasteiger charge is 2.57. The Morgan fingerprint density at radius 3 is 2.62 bits per heavy atom. The standard InChI is InChI=1S/C22H31N5O2/c1-13(2)27-12-23-20(25-27)17-15-8-9-16-21(3,4)19(28)14(11-29-7)10-22(16,5)18(15)24-26(17)6/h11-13,16H,8-10H2,1-7H3/b14-11-/t16-,22?/m0/s1. The average molecular weight is 398 g/mol. The van der Waals surface area contributed by atoms with Crippen molar-refractivity contribution in [3.05, 3.63) is 29.4 Å². The number of methoxy groups -OCH3 is 1. The molecule has 2 aromatic heterocycles. The van der Waals surface area contributed by atoms with E-state index in [1.54, 1.807) is 19.7 Å². The molecule has 0 aromatic carbocycles. The van der Waals surface area contributed by atoms with Crippen molar-refractivity contribution in [1.29, 1.82) is 0 Å². The highest BCUT2D eigenvalue weighted by Crippen LogP contribution is 2.57. The lowest BCUT2D eigenvalue weighted by Crippen LogP contribution is -2.53. The zero-order valence-corrected chi connectivity index (χ0v) is 18.5. The van der Waals surface area contributed by atoms with Gasteiger partial charge in [-0.2, -0.15) is 5.10 Å². The molecular weight excluding hydrogens is 366 g/mol. The molecule has 2 aliphatic carbocycles. The first-order valence-corrected chi connectivity index (χ1v) is 10.4. The van der Waals surface area contributed by atoms with E-state index in [-0.39, 0.29) is 23.2 Å². The molecule has 1 saturated carbocycles. The number of hydrogen-bond acceptors (Lipinski definition) is 5. The maximum Gasteiger partial charge on any atom is 0.199 e. The molecule has 2 heterocycles. The van der Waals surface area contributed by atoms with Crippen molar-refractivity contribution in [3.63, 3.8) is 0 Å². The van der Waals surface area contributed by atoms with E-state index in [0.717, 1.165) is 35.6 Å². The number of allylic oxidation sites excluding steroid dienone is 1. The van der Waals surface area contributed by atoms with Crippen molar-refractivity contribution in [1.82, 2.24) is 24.5 Å². The lowest BCUT2D eigenvalue weighted by atomic mass is 9.50. The lowest BCUT2D eigenvalue weighted by molar-refractivity contribution is -0.131. The number of rotatable bonds is 3. The van der Waals surface area contributed by atoms with Gasteiger partial charge in [0.05, 0.1) is 19.1 Å². The Labute approximate surface area is 172 Å². The summed E-state index contributed by atoms with van der Waals surface area (Å²) in [5.74, 6) is 1.14. The molecule has 0 spiro atoms. The molecule has 1 fully saturated rings. The van der Waals surface area contributed by atoms with E-state index in [1.165, 1.54) is 5.56 Å². The van der Waals surface area contributed by atoms with Gasteiger partial charge in [-0.05, 0) is 39.0 Å². The first kappa shape index (κ1) is 19.9. The Morgan fingerprint density at radius 1 is 1.28 bits per heavy atom. The summed E-state index contributed by atoms with van der Waals surface area (Å²) in [5, 5.41) is 9.66. The third kappa shape index (κ3) is 2.77. The maximum absolute atomic E-state index is 13.1. The summed E-state index contributed by atoms with van der Waals surface area (Å²) in [4.78, 5) is 17.7. The Bertz CT molecular complexity index is 997. The van der Waals surface area contributed by atoms with Crippen LogP contribution >= 0.6 is 0 Å². The SMILES string of the molecule is CO/C=C1/CC2(C)c3nn(C)c(-c4ncn(C(C)C)n4)c3CC[C@H]2C(C)(C)C1=O. The quantitative estimate of drug-likeness (QED) is 0.584. The van der Waals surface area contributed by atoms with Crippen LogP contribution in [0.1, 0.15) is 64.8 Å². The zero-order chi connectivity index (χ0) is 21.1. The third-order valence-electron chi connectivity index (χ3n) is 6.95. The minimum absolute atomic E-state index is 0.193. The highest BCUT2D eigenvalue weighted by atomic mass is 16.5. The summed E-state index contributed by atoms with van der Waals surface area (Å²) in [6.45, 7) is 10.6. The van der Waals surface area contributed by atoms with Gasteiger partial charge in [0.15, 0.2) is 11.6 Å². The Balaban J connectivity index is 1.86. The number of hydrogen-bond donors (Lipinski definition) is 0. The second-order valence-electron chi connectivity index (χ2n) is 9.56. The molecule has 0 N–H and O–H groups in total. The summed E-state index contributed by atoms with van der Waals surface area (Å²) in [7, 11) is 3.57. The fourth-order valence-electron chi connectivity index (χ4n) is 5.60. The fraction of sp³-hybridized carbons (Fsp3) is 0.636. The minimum atomic E-state index is -0.454. The Morgan fingerprint density at radius 2 is 2.00 bits per heavy atom. The number of fused-ring (bicyclic) bond motifs is 3. The molecule has 0 amide bonds. The Hall–Kier alpha value is -2.44. The van der Waals surface area contributed by atoms with Gasteiger partial charge in [-0.25, -0.2) is 9.67 Å². The number of carbonyl (C=O) groups excluding carboxylic acids is 1. The van der Waals surface area contributed by atoms with E-state index in [4.69, 9.17) is 14.9 Å². The molecular formula is C22H31N5O2. The van der Waals surface area contributed by atoms with Crippen molar-refractivity contribution < 1.29 is 9.53 Å². The van der Waals surface area contributed by atoms with Crippen molar-refractivity contribution in [2.24, 2.45) is 18.4 Å². The summed E-state index contributed by atoms with van der Waals surface area (Å²) < 4.78 is 9.05. The molecule has 0 bridgehead atoms. The molecule has 1 unspecified atom stereocenters. The van der Waals surface area contributed by atoms with Gasteiger partial charge in [-0.1, -0.05) is 20.8 Å². The smallest absolute Gasteiger partial charge is 0.199 e. The fourth-order valence-corrected chi connectivity index (χ4v) is 5.60.